The van der Waals surface area contributed by atoms with Gasteiger partial charge in [-0.15, -0.1) is 0 Å². The molecular weight excluding hydrogens is 200 g/mol. The summed E-state index contributed by atoms with van der Waals surface area (Å²) in [5.74, 6) is 1.05. The summed E-state index contributed by atoms with van der Waals surface area (Å²) in [6.45, 7) is 0. The van der Waals surface area contributed by atoms with Gasteiger partial charge in [0.15, 0.2) is 0 Å². The van der Waals surface area contributed by atoms with Crippen molar-refractivity contribution in [2.45, 2.75) is 25.2 Å². The fraction of sp³-hybridized carbons (Fsp3) is 0.308. The third-order valence-corrected chi connectivity index (χ3v) is 3.35. The minimum Gasteiger partial charge on any atom is -0.367 e. The highest BCUT2D eigenvalue weighted by atomic mass is 16.5. The van der Waals surface area contributed by atoms with E-state index in [9.17, 15) is 0 Å². The second-order valence-electron chi connectivity index (χ2n) is 4.32. The number of hydrogen-bond donors (Lipinski definition) is 1. The number of nitrogens with zero attached hydrogens (tertiary/aromatic N) is 1. The molecular formula is C13H14N2O. The maximum absolute atomic E-state index is 5.77. The lowest BCUT2D eigenvalue weighted by Gasteiger charge is -2.21. The third-order valence-electron chi connectivity index (χ3n) is 3.35. The van der Waals surface area contributed by atoms with Crippen molar-refractivity contribution in [3.63, 3.8) is 0 Å². The Morgan fingerprint density at radius 1 is 1.25 bits per heavy atom. The smallest absolute Gasteiger partial charge is 0.225 e. The Morgan fingerprint density at radius 2 is 2.06 bits per heavy atom. The zero-order valence-electron chi connectivity index (χ0n) is 9.02. The first-order valence-corrected chi connectivity index (χ1v) is 5.62. The predicted molar refractivity (Wildman–Crippen MR) is 62.1 cm³/mol. The van der Waals surface area contributed by atoms with Crippen LogP contribution in [0.5, 0.6) is 0 Å². The number of nitrogens with two attached hydrogens (primary N) is 1. The molecule has 0 saturated carbocycles. The standard InChI is InChI=1S/C13H14N2O/c14-13-11-8-10(6-7-12(11)15-16-13)9-4-2-1-3-5-9/h1-5,10H,6-8,14H2. The second kappa shape index (κ2) is 3.67. The molecule has 0 spiro atoms. The average molecular weight is 214 g/mol. The van der Waals surface area contributed by atoms with Gasteiger partial charge in [0.25, 0.3) is 0 Å². The molecule has 2 N–H and O–H groups in total. The van der Waals surface area contributed by atoms with Crippen molar-refractivity contribution in [2.24, 2.45) is 0 Å². The van der Waals surface area contributed by atoms with Crippen molar-refractivity contribution in [3.05, 3.63) is 47.2 Å². The number of aryl methyl sites for hydroxylation is 1. The van der Waals surface area contributed by atoms with E-state index in [4.69, 9.17) is 10.3 Å². The minimum absolute atomic E-state index is 0.496. The molecule has 1 aromatic heterocycles. The first-order valence-electron chi connectivity index (χ1n) is 5.62. The van der Waals surface area contributed by atoms with Crippen molar-refractivity contribution >= 4 is 5.88 Å². The summed E-state index contributed by atoms with van der Waals surface area (Å²) in [6.07, 6.45) is 3.05. The second-order valence-corrected chi connectivity index (χ2v) is 4.32. The number of benzene rings is 1. The molecule has 3 heteroatoms. The molecule has 1 aromatic carbocycles. The lowest BCUT2D eigenvalue weighted by molar-refractivity contribution is 0.426. The van der Waals surface area contributed by atoms with Gasteiger partial charge < -0.3 is 10.3 Å². The highest BCUT2D eigenvalue weighted by molar-refractivity contribution is 5.42. The number of rotatable bonds is 1. The maximum Gasteiger partial charge on any atom is 0.225 e. The SMILES string of the molecule is Nc1onc2c1CC(c1ccccc1)CC2. The van der Waals surface area contributed by atoms with Crippen LogP contribution in [0.1, 0.15) is 29.2 Å². The van der Waals surface area contributed by atoms with E-state index < -0.39 is 0 Å². The summed E-state index contributed by atoms with van der Waals surface area (Å²) in [4.78, 5) is 0. The highest BCUT2D eigenvalue weighted by Gasteiger charge is 2.25. The van der Waals surface area contributed by atoms with Crippen LogP contribution < -0.4 is 5.73 Å². The summed E-state index contributed by atoms with van der Waals surface area (Å²) >= 11 is 0. The topological polar surface area (TPSA) is 52.0 Å². The van der Waals surface area contributed by atoms with Gasteiger partial charge in [0, 0.05) is 5.56 Å². The Hall–Kier alpha value is -1.77. The molecule has 0 bridgehead atoms. The summed E-state index contributed by atoms with van der Waals surface area (Å²) in [6, 6.07) is 10.6. The van der Waals surface area contributed by atoms with Crippen molar-refractivity contribution in [2.75, 3.05) is 5.73 Å². The van der Waals surface area contributed by atoms with Gasteiger partial charge in [0.2, 0.25) is 5.88 Å². The first-order chi connectivity index (χ1) is 7.84. The molecule has 0 radical (unpaired) electrons. The molecule has 82 valence electrons. The third kappa shape index (κ3) is 1.48. The lowest BCUT2D eigenvalue weighted by Crippen LogP contribution is -2.12. The van der Waals surface area contributed by atoms with E-state index in [1.54, 1.807) is 0 Å². The van der Waals surface area contributed by atoms with E-state index in [0.29, 0.717) is 11.8 Å². The van der Waals surface area contributed by atoms with Crippen molar-refractivity contribution in [3.8, 4) is 0 Å². The number of anilines is 1. The van der Waals surface area contributed by atoms with E-state index in [1.165, 1.54) is 5.56 Å². The van der Waals surface area contributed by atoms with E-state index in [0.717, 1.165) is 30.5 Å². The van der Waals surface area contributed by atoms with E-state index in [-0.39, 0.29) is 0 Å². The molecule has 1 aliphatic carbocycles. The number of fused-ring (bicyclic) bond motifs is 1. The van der Waals surface area contributed by atoms with Crippen molar-refractivity contribution < 1.29 is 4.52 Å². The van der Waals surface area contributed by atoms with Crippen LogP contribution in [0, 0.1) is 0 Å². The number of hydrogen-bond acceptors (Lipinski definition) is 3. The highest BCUT2D eigenvalue weighted by Crippen LogP contribution is 2.34. The molecule has 1 unspecified atom stereocenters. The van der Waals surface area contributed by atoms with Crippen LogP contribution in [0.2, 0.25) is 0 Å². The molecule has 1 heterocycles. The number of aromatic nitrogens is 1. The van der Waals surface area contributed by atoms with Crippen LogP contribution in [0.25, 0.3) is 0 Å². The van der Waals surface area contributed by atoms with Crippen LogP contribution in [0.3, 0.4) is 0 Å². The monoisotopic (exact) mass is 214 g/mol. The van der Waals surface area contributed by atoms with Crippen LogP contribution >= 0.6 is 0 Å². The zero-order valence-corrected chi connectivity index (χ0v) is 9.02. The molecule has 0 saturated heterocycles. The molecule has 3 rings (SSSR count). The van der Waals surface area contributed by atoms with Gasteiger partial charge in [0.05, 0.1) is 5.69 Å². The summed E-state index contributed by atoms with van der Waals surface area (Å²) in [5, 5.41) is 3.98. The van der Waals surface area contributed by atoms with Crippen LogP contribution in [0.4, 0.5) is 5.88 Å². The summed E-state index contributed by atoms with van der Waals surface area (Å²) < 4.78 is 5.03. The predicted octanol–water partition coefficient (Wildman–Crippen LogP) is 2.53. The maximum atomic E-state index is 5.77. The van der Waals surface area contributed by atoms with Crippen LogP contribution in [0.15, 0.2) is 34.9 Å². The Balaban J connectivity index is 1.90. The molecule has 0 amide bonds. The van der Waals surface area contributed by atoms with Gasteiger partial charge in [0.1, 0.15) is 0 Å². The zero-order chi connectivity index (χ0) is 11.0. The van der Waals surface area contributed by atoms with E-state index in [1.807, 2.05) is 6.07 Å². The summed E-state index contributed by atoms with van der Waals surface area (Å²) in [7, 11) is 0. The molecule has 3 nitrogen and oxygen atoms in total. The lowest BCUT2D eigenvalue weighted by atomic mass is 9.83. The van der Waals surface area contributed by atoms with E-state index in [2.05, 4.69) is 29.4 Å². The first kappa shape index (κ1) is 9.46. The molecule has 1 aliphatic rings. The van der Waals surface area contributed by atoms with Gasteiger partial charge >= 0.3 is 0 Å². The van der Waals surface area contributed by atoms with Gasteiger partial charge in [-0.05, 0) is 30.7 Å². The molecule has 2 aromatic rings. The minimum atomic E-state index is 0.496. The van der Waals surface area contributed by atoms with Crippen LogP contribution in [-0.2, 0) is 12.8 Å². The Bertz CT molecular complexity index is 490. The Kier molecular flexibility index (Phi) is 2.17. The van der Waals surface area contributed by atoms with Gasteiger partial charge in [-0.3, -0.25) is 0 Å². The normalized spacial score (nSPS) is 19.4. The molecule has 16 heavy (non-hydrogen) atoms. The quantitative estimate of drug-likeness (QED) is 0.793. The van der Waals surface area contributed by atoms with E-state index >= 15 is 0 Å². The van der Waals surface area contributed by atoms with Crippen molar-refractivity contribution in [1.29, 1.82) is 0 Å². The largest absolute Gasteiger partial charge is 0.367 e. The number of nitrogen functional groups attached to an aromatic ring is 1. The molecule has 0 fully saturated rings. The van der Waals surface area contributed by atoms with Crippen molar-refractivity contribution in [1.82, 2.24) is 5.16 Å². The Morgan fingerprint density at radius 3 is 2.88 bits per heavy atom. The fourth-order valence-electron chi connectivity index (χ4n) is 2.44. The molecule has 1 atom stereocenters. The van der Waals surface area contributed by atoms with Crippen LogP contribution in [-0.4, -0.2) is 5.16 Å². The summed E-state index contributed by atoms with van der Waals surface area (Å²) in [5.41, 5.74) is 9.31. The fourth-order valence-corrected chi connectivity index (χ4v) is 2.44. The Labute approximate surface area is 94.2 Å². The van der Waals surface area contributed by atoms with Gasteiger partial charge in [-0.1, -0.05) is 35.5 Å². The average Bonchev–Trinajstić information content (AvgIpc) is 2.72. The van der Waals surface area contributed by atoms with Gasteiger partial charge in [-0.2, -0.15) is 0 Å². The van der Waals surface area contributed by atoms with Gasteiger partial charge in [-0.25, -0.2) is 0 Å². The molecule has 0 aliphatic heterocycles.